The van der Waals surface area contributed by atoms with Gasteiger partial charge in [0.05, 0.1) is 0 Å². The van der Waals surface area contributed by atoms with E-state index in [1.807, 2.05) is 0 Å². The Kier molecular flexibility index (Phi) is 1.94. The molecule has 4 saturated carbocycles. The van der Waals surface area contributed by atoms with Crippen molar-refractivity contribution in [3.05, 3.63) is 0 Å². The Morgan fingerprint density at radius 2 is 1.86 bits per heavy atom. The van der Waals surface area contributed by atoms with Crippen molar-refractivity contribution >= 4 is 0 Å². The molecule has 2 heteroatoms. The van der Waals surface area contributed by atoms with Crippen LogP contribution in [0.4, 0.5) is 0 Å². The third-order valence-electron chi connectivity index (χ3n) is 5.07. The summed E-state index contributed by atoms with van der Waals surface area (Å²) in [6.45, 7) is 0.437. The lowest BCUT2D eigenvalue weighted by Crippen LogP contribution is -2.58. The van der Waals surface area contributed by atoms with Crippen LogP contribution < -0.4 is 5.32 Å². The molecular weight excluding hydrogens is 174 g/mol. The minimum absolute atomic E-state index is 0.337. The van der Waals surface area contributed by atoms with Crippen molar-refractivity contribution < 1.29 is 5.11 Å². The van der Waals surface area contributed by atoms with E-state index in [-0.39, 0.29) is 0 Å². The molecule has 0 aromatic carbocycles. The molecule has 2 atom stereocenters. The summed E-state index contributed by atoms with van der Waals surface area (Å²) in [5, 5.41) is 13.1. The summed E-state index contributed by atoms with van der Waals surface area (Å²) in [6.07, 6.45) is 6.71. The van der Waals surface area contributed by atoms with E-state index in [0.717, 1.165) is 23.8 Å². The van der Waals surface area contributed by atoms with Crippen LogP contribution in [0.3, 0.4) is 0 Å². The van der Waals surface area contributed by atoms with Gasteiger partial charge < -0.3 is 10.4 Å². The standard InChI is InChI=1S/C12H21NO/c1-13-11-9-2-8-3-10(11)6-12(4-8,5-9)7-14/h8-11,13-14H,2-7H2,1H3. The average molecular weight is 195 g/mol. The molecule has 4 aliphatic carbocycles. The van der Waals surface area contributed by atoms with E-state index >= 15 is 0 Å². The summed E-state index contributed by atoms with van der Waals surface area (Å²) in [5.74, 6) is 2.65. The zero-order valence-corrected chi connectivity index (χ0v) is 9.00. The molecule has 14 heavy (non-hydrogen) atoms. The Morgan fingerprint density at radius 3 is 2.36 bits per heavy atom. The molecule has 0 saturated heterocycles. The SMILES string of the molecule is CNC1C2CC3CC1CC(CO)(C3)C2. The van der Waals surface area contributed by atoms with Crippen LogP contribution >= 0.6 is 0 Å². The summed E-state index contributed by atoms with van der Waals surface area (Å²) >= 11 is 0. The molecular formula is C12H21NO. The Morgan fingerprint density at radius 1 is 1.21 bits per heavy atom. The molecule has 2 nitrogen and oxygen atoms in total. The largest absolute Gasteiger partial charge is 0.396 e. The van der Waals surface area contributed by atoms with Gasteiger partial charge >= 0.3 is 0 Å². The van der Waals surface area contributed by atoms with Crippen molar-refractivity contribution in [1.82, 2.24) is 5.32 Å². The van der Waals surface area contributed by atoms with Gasteiger partial charge in [-0.05, 0) is 62.3 Å². The van der Waals surface area contributed by atoms with E-state index in [9.17, 15) is 5.11 Å². The molecule has 0 heterocycles. The Bertz CT molecular complexity index is 224. The van der Waals surface area contributed by atoms with Crippen molar-refractivity contribution in [3.8, 4) is 0 Å². The van der Waals surface area contributed by atoms with Crippen LogP contribution in [-0.2, 0) is 0 Å². The summed E-state index contributed by atoms with van der Waals surface area (Å²) < 4.78 is 0. The first-order valence-corrected chi connectivity index (χ1v) is 6.04. The van der Waals surface area contributed by atoms with Crippen LogP contribution in [-0.4, -0.2) is 24.8 Å². The normalized spacial score (nSPS) is 55.3. The first-order valence-electron chi connectivity index (χ1n) is 6.04. The minimum Gasteiger partial charge on any atom is -0.396 e. The third kappa shape index (κ3) is 1.10. The van der Waals surface area contributed by atoms with E-state index in [1.165, 1.54) is 32.1 Å². The van der Waals surface area contributed by atoms with Gasteiger partial charge in [-0.1, -0.05) is 0 Å². The summed E-state index contributed by atoms with van der Waals surface area (Å²) in [5.41, 5.74) is 0.337. The monoisotopic (exact) mass is 195 g/mol. The molecule has 4 aliphatic rings. The molecule has 0 amide bonds. The fourth-order valence-corrected chi connectivity index (χ4v) is 4.86. The lowest BCUT2D eigenvalue weighted by atomic mass is 9.48. The zero-order valence-electron chi connectivity index (χ0n) is 9.00. The molecule has 4 fully saturated rings. The zero-order chi connectivity index (χ0) is 9.76. The Labute approximate surface area is 86.1 Å². The highest BCUT2D eigenvalue weighted by atomic mass is 16.3. The van der Waals surface area contributed by atoms with Crippen LogP contribution in [0.5, 0.6) is 0 Å². The van der Waals surface area contributed by atoms with Crippen molar-refractivity contribution in [2.45, 2.75) is 38.1 Å². The van der Waals surface area contributed by atoms with Gasteiger partial charge in [-0.2, -0.15) is 0 Å². The summed E-state index contributed by atoms with van der Waals surface area (Å²) in [4.78, 5) is 0. The molecule has 0 spiro atoms. The highest BCUT2D eigenvalue weighted by Gasteiger charge is 2.54. The fourth-order valence-electron chi connectivity index (χ4n) is 4.86. The van der Waals surface area contributed by atoms with Gasteiger partial charge in [0.2, 0.25) is 0 Å². The Hall–Kier alpha value is -0.0800. The first-order chi connectivity index (χ1) is 6.76. The molecule has 0 radical (unpaired) electrons. The second-order valence-electron chi connectivity index (χ2n) is 5.94. The average Bonchev–Trinajstić information content (AvgIpc) is 2.17. The lowest BCUT2D eigenvalue weighted by molar-refractivity contribution is -0.0976. The van der Waals surface area contributed by atoms with Crippen LogP contribution in [0, 0.1) is 23.2 Å². The van der Waals surface area contributed by atoms with Crippen LogP contribution in [0.1, 0.15) is 32.1 Å². The van der Waals surface area contributed by atoms with Crippen molar-refractivity contribution in [2.24, 2.45) is 23.2 Å². The van der Waals surface area contributed by atoms with E-state index in [2.05, 4.69) is 12.4 Å². The molecule has 2 N–H and O–H groups in total. The maximum atomic E-state index is 9.57. The van der Waals surface area contributed by atoms with Crippen molar-refractivity contribution in [3.63, 3.8) is 0 Å². The predicted octanol–water partition coefficient (Wildman–Crippen LogP) is 1.39. The second kappa shape index (κ2) is 2.96. The van der Waals surface area contributed by atoms with Gasteiger partial charge in [-0.3, -0.25) is 0 Å². The van der Waals surface area contributed by atoms with Gasteiger partial charge in [-0.25, -0.2) is 0 Å². The van der Waals surface area contributed by atoms with Crippen LogP contribution in [0.25, 0.3) is 0 Å². The predicted molar refractivity (Wildman–Crippen MR) is 55.9 cm³/mol. The molecule has 0 aromatic heterocycles. The first kappa shape index (κ1) is 9.17. The molecule has 0 aliphatic heterocycles. The van der Waals surface area contributed by atoms with Gasteiger partial charge in [-0.15, -0.1) is 0 Å². The van der Waals surface area contributed by atoms with E-state index in [0.29, 0.717) is 12.0 Å². The van der Waals surface area contributed by atoms with Gasteiger partial charge in [0, 0.05) is 12.6 Å². The highest BCUT2D eigenvalue weighted by Crippen LogP contribution is 2.59. The smallest absolute Gasteiger partial charge is 0.0487 e. The summed E-state index contributed by atoms with van der Waals surface area (Å²) in [6, 6.07) is 0.756. The van der Waals surface area contributed by atoms with E-state index < -0.39 is 0 Å². The van der Waals surface area contributed by atoms with Gasteiger partial charge in [0.1, 0.15) is 0 Å². The maximum absolute atomic E-state index is 9.57. The number of nitrogens with one attached hydrogen (secondary N) is 1. The van der Waals surface area contributed by atoms with E-state index in [1.54, 1.807) is 0 Å². The maximum Gasteiger partial charge on any atom is 0.0487 e. The number of aliphatic hydroxyl groups excluding tert-OH is 1. The van der Waals surface area contributed by atoms with Crippen LogP contribution in [0.2, 0.25) is 0 Å². The molecule has 0 aromatic rings. The molecule has 2 unspecified atom stereocenters. The highest BCUT2D eigenvalue weighted by molar-refractivity contribution is 5.06. The third-order valence-corrected chi connectivity index (χ3v) is 5.07. The molecule has 4 rings (SSSR count). The fraction of sp³-hybridized carbons (Fsp3) is 1.00. The number of hydrogen-bond donors (Lipinski definition) is 2. The minimum atomic E-state index is 0.337. The van der Waals surface area contributed by atoms with Gasteiger partial charge in [0.25, 0.3) is 0 Å². The number of aliphatic hydroxyl groups is 1. The van der Waals surface area contributed by atoms with Crippen molar-refractivity contribution in [2.75, 3.05) is 13.7 Å². The quantitative estimate of drug-likeness (QED) is 0.698. The van der Waals surface area contributed by atoms with E-state index in [4.69, 9.17) is 0 Å². The summed E-state index contributed by atoms with van der Waals surface area (Å²) in [7, 11) is 2.11. The second-order valence-corrected chi connectivity index (χ2v) is 5.94. The Balaban J connectivity index is 1.88. The van der Waals surface area contributed by atoms with Gasteiger partial charge in [0.15, 0.2) is 0 Å². The molecule has 4 bridgehead atoms. The van der Waals surface area contributed by atoms with Crippen molar-refractivity contribution in [1.29, 1.82) is 0 Å². The van der Waals surface area contributed by atoms with Crippen LogP contribution in [0.15, 0.2) is 0 Å². The molecule has 80 valence electrons. The number of hydrogen-bond acceptors (Lipinski definition) is 2. The topological polar surface area (TPSA) is 32.3 Å². The lowest BCUT2D eigenvalue weighted by Gasteiger charge is -2.59. The number of rotatable bonds is 2.